The number of unbranched alkanes of at least 4 members (excludes halogenated alkanes) is 1. The predicted molar refractivity (Wildman–Crippen MR) is 127 cm³/mol. The fraction of sp³-hybridized carbons (Fsp3) is 0.407. The van der Waals surface area contributed by atoms with Gasteiger partial charge in [-0.1, -0.05) is 75.1 Å². The summed E-state index contributed by atoms with van der Waals surface area (Å²) >= 11 is 0. The number of ketones is 1. The number of aromatic nitrogens is 3. The Bertz CT molecular complexity index is 1110. The van der Waals surface area contributed by atoms with Gasteiger partial charge in [-0.25, -0.2) is 14.5 Å². The Morgan fingerprint density at radius 1 is 1.03 bits per heavy atom. The van der Waals surface area contributed by atoms with Crippen LogP contribution in [0.15, 0.2) is 48.5 Å². The molecule has 2 aromatic carbocycles. The quantitative estimate of drug-likeness (QED) is 0.421. The van der Waals surface area contributed by atoms with Gasteiger partial charge in [0.25, 0.3) is 0 Å². The van der Waals surface area contributed by atoms with Crippen LogP contribution in [0.4, 0.5) is 0 Å². The number of aryl methyl sites for hydroxylation is 1. The number of Topliss-reactive ketones (excluding diaryl/α,β-unsaturated/α-hetero) is 1. The number of rotatable bonds is 9. The summed E-state index contributed by atoms with van der Waals surface area (Å²) in [6, 6.07) is 14.9. The van der Waals surface area contributed by atoms with Crippen molar-refractivity contribution in [3.63, 3.8) is 0 Å². The molecular weight excluding hydrogens is 414 g/mol. The lowest BCUT2D eigenvalue weighted by Crippen LogP contribution is -2.19. The fourth-order valence-corrected chi connectivity index (χ4v) is 4.56. The first-order chi connectivity index (χ1) is 16.1. The van der Waals surface area contributed by atoms with Crippen LogP contribution in [0.2, 0.25) is 0 Å². The van der Waals surface area contributed by atoms with E-state index in [4.69, 9.17) is 0 Å². The van der Waals surface area contributed by atoms with E-state index in [1.807, 2.05) is 41.1 Å². The molecule has 172 valence electrons. The van der Waals surface area contributed by atoms with Crippen molar-refractivity contribution in [3.05, 3.63) is 71.3 Å². The molecule has 1 heterocycles. The van der Waals surface area contributed by atoms with Gasteiger partial charge in [0.2, 0.25) is 11.6 Å². The highest BCUT2D eigenvalue weighted by Crippen LogP contribution is 2.27. The third kappa shape index (κ3) is 5.38. The second-order valence-electron chi connectivity index (χ2n) is 8.86. The molecule has 0 aliphatic heterocycles. The number of hydrogen-bond acceptors (Lipinski definition) is 4. The number of hydrogen-bond donors (Lipinski definition) is 1. The summed E-state index contributed by atoms with van der Waals surface area (Å²) in [5.74, 6) is 0.429. The van der Waals surface area contributed by atoms with Crippen LogP contribution in [0.1, 0.15) is 84.2 Å². The monoisotopic (exact) mass is 445 g/mol. The molecule has 0 atom stereocenters. The lowest BCUT2D eigenvalue weighted by Gasteiger charge is -2.18. The van der Waals surface area contributed by atoms with E-state index >= 15 is 0 Å². The van der Waals surface area contributed by atoms with Crippen LogP contribution in [0.25, 0.3) is 11.1 Å². The maximum Gasteiger partial charge on any atom is 0.336 e. The van der Waals surface area contributed by atoms with Crippen molar-refractivity contribution in [1.29, 1.82) is 0 Å². The van der Waals surface area contributed by atoms with Crippen LogP contribution in [0, 0.1) is 5.92 Å². The van der Waals surface area contributed by atoms with Gasteiger partial charge in [0.1, 0.15) is 5.82 Å². The SMILES string of the molecule is CCCCc1nc(C(=O)C2CCCCC2)nn1Cc1ccc(-c2ccccc2C(=O)O)cc1. The van der Waals surface area contributed by atoms with Crippen molar-refractivity contribution < 1.29 is 14.7 Å². The van der Waals surface area contributed by atoms with Crippen molar-refractivity contribution in [3.8, 4) is 11.1 Å². The number of benzene rings is 2. The van der Waals surface area contributed by atoms with E-state index in [0.717, 1.165) is 61.9 Å². The second-order valence-corrected chi connectivity index (χ2v) is 8.86. The summed E-state index contributed by atoms with van der Waals surface area (Å²) in [5, 5.41) is 14.1. The molecule has 1 fully saturated rings. The lowest BCUT2D eigenvalue weighted by atomic mass is 9.86. The highest BCUT2D eigenvalue weighted by Gasteiger charge is 2.26. The van der Waals surface area contributed by atoms with E-state index < -0.39 is 5.97 Å². The molecule has 4 rings (SSSR count). The number of carbonyl (C=O) groups excluding carboxylic acids is 1. The van der Waals surface area contributed by atoms with Crippen LogP contribution in [-0.4, -0.2) is 31.6 Å². The molecule has 1 saturated carbocycles. The highest BCUT2D eigenvalue weighted by atomic mass is 16.4. The lowest BCUT2D eigenvalue weighted by molar-refractivity contribution is 0.0697. The topological polar surface area (TPSA) is 85.1 Å². The number of nitrogens with zero attached hydrogens (tertiary/aromatic N) is 3. The Kier molecular flexibility index (Phi) is 7.33. The predicted octanol–water partition coefficient (Wildman–Crippen LogP) is 5.80. The zero-order valence-electron chi connectivity index (χ0n) is 19.2. The smallest absolute Gasteiger partial charge is 0.336 e. The number of aromatic carboxylic acids is 1. The third-order valence-electron chi connectivity index (χ3n) is 6.45. The Hall–Kier alpha value is -3.28. The molecule has 3 aromatic rings. The average molecular weight is 446 g/mol. The first-order valence-electron chi connectivity index (χ1n) is 12.0. The molecule has 1 aliphatic rings. The molecule has 0 unspecified atom stereocenters. The molecule has 6 nitrogen and oxygen atoms in total. The Labute approximate surface area is 194 Å². The highest BCUT2D eigenvalue weighted by molar-refractivity contribution is 5.96. The van der Waals surface area contributed by atoms with Crippen LogP contribution in [-0.2, 0) is 13.0 Å². The Balaban J connectivity index is 1.56. The van der Waals surface area contributed by atoms with E-state index in [-0.39, 0.29) is 17.3 Å². The van der Waals surface area contributed by atoms with Crippen molar-refractivity contribution >= 4 is 11.8 Å². The van der Waals surface area contributed by atoms with Crippen LogP contribution < -0.4 is 0 Å². The zero-order chi connectivity index (χ0) is 23.2. The van der Waals surface area contributed by atoms with E-state index in [1.54, 1.807) is 12.1 Å². The molecule has 0 bridgehead atoms. The van der Waals surface area contributed by atoms with Gasteiger partial charge < -0.3 is 5.11 Å². The van der Waals surface area contributed by atoms with Crippen LogP contribution in [0.5, 0.6) is 0 Å². The van der Waals surface area contributed by atoms with Crippen molar-refractivity contribution in [1.82, 2.24) is 14.8 Å². The minimum Gasteiger partial charge on any atom is -0.478 e. The molecule has 0 spiro atoms. The first-order valence-corrected chi connectivity index (χ1v) is 12.0. The maximum atomic E-state index is 13.0. The standard InChI is InChI=1S/C27H31N3O3/c1-2-3-13-24-28-26(25(31)21-9-5-4-6-10-21)29-30(24)18-19-14-16-20(17-15-19)22-11-7-8-12-23(22)27(32)33/h7-8,11-12,14-17,21H,2-6,9-10,13,18H2,1H3,(H,32,33). The normalized spacial score (nSPS) is 14.3. The van der Waals surface area contributed by atoms with Gasteiger partial charge in [-0.15, -0.1) is 5.10 Å². The average Bonchev–Trinajstić information content (AvgIpc) is 3.25. The Morgan fingerprint density at radius 3 is 2.45 bits per heavy atom. The van der Waals surface area contributed by atoms with Crippen LogP contribution in [0.3, 0.4) is 0 Å². The summed E-state index contributed by atoms with van der Waals surface area (Å²) in [4.78, 5) is 29.2. The van der Waals surface area contributed by atoms with Crippen molar-refractivity contribution in [2.24, 2.45) is 5.92 Å². The molecule has 6 heteroatoms. The summed E-state index contributed by atoms with van der Waals surface area (Å²) in [7, 11) is 0. The third-order valence-corrected chi connectivity index (χ3v) is 6.45. The molecule has 0 radical (unpaired) electrons. The second kappa shape index (κ2) is 10.6. The van der Waals surface area contributed by atoms with E-state index in [1.165, 1.54) is 6.42 Å². The van der Waals surface area contributed by atoms with Gasteiger partial charge in [0.05, 0.1) is 12.1 Å². The molecule has 33 heavy (non-hydrogen) atoms. The number of carboxylic acid groups (broad SMARTS) is 1. The number of carbonyl (C=O) groups is 2. The molecule has 0 saturated heterocycles. The van der Waals surface area contributed by atoms with Gasteiger partial charge in [-0.3, -0.25) is 4.79 Å². The molecule has 1 aliphatic carbocycles. The van der Waals surface area contributed by atoms with Crippen molar-refractivity contribution in [2.45, 2.75) is 64.8 Å². The van der Waals surface area contributed by atoms with Gasteiger partial charge in [0.15, 0.2) is 0 Å². The largest absolute Gasteiger partial charge is 0.478 e. The molecule has 1 aromatic heterocycles. The van der Waals surface area contributed by atoms with E-state index in [9.17, 15) is 14.7 Å². The fourth-order valence-electron chi connectivity index (χ4n) is 4.56. The van der Waals surface area contributed by atoms with Gasteiger partial charge in [-0.2, -0.15) is 0 Å². The van der Waals surface area contributed by atoms with Crippen molar-refractivity contribution in [2.75, 3.05) is 0 Å². The zero-order valence-corrected chi connectivity index (χ0v) is 19.2. The minimum atomic E-state index is -0.937. The summed E-state index contributed by atoms with van der Waals surface area (Å²) in [6.07, 6.45) is 8.16. The maximum absolute atomic E-state index is 13.0. The minimum absolute atomic E-state index is 0.0576. The summed E-state index contributed by atoms with van der Waals surface area (Å²) in [5.41, 5.74) is 2.87. The van der Waals surface area contributed by atoms with E-state index in [0.29, 0.717) is 17.9 Å². The van der Waals surface area contributed by atoms with Crippen LogP contribution >= 0.6 is 0 Å². The summed E-state index contributed by atoms with van der Waals surface area (Å²) in [6.45, 7) is 2.67. The van der Waals surface area contributed by atoms with Gasteiger partial charge >= 0.3 is 5.97 Å². The molecule has 0 amide bonds. The van der Waals surface area contributed by atoms with Gasteiger partial charge in [-0.05, 0) is 42.0 Å². The molecule has 1 N–H and O–H groups in total. The molecular formula is C27H31N3O3. The van der Waals surface area contributed by atoms with Gasteiger partial charge in [0, 0.05) is 12.3 Å². The van der Waals surface area contributed by atoms with E-state index in [2.05, 4.69) is 17.0 Å². The Morgan fingerprint density at radius 2 is 1.76 bits per heavy atom. The summed E-state index contributed by atoms with van der Waals surface area (Å²) < 4.78 is 1.87. The first kappa shape index (κ1) is 22.9. The number of carboxylic acids is 1.